The molecule has 1 aliphatic heterocycles. The van der Waals surface area contributed by atoms with Crippen LogP contribution < -0.4 is 10.6 Å². The molecule has 2 fully saturated rings. The molecule has 3 N–H and O–H groups in total. The van der Waals surface area contributed by atoms with Gasteiger partial charge in [0.25, 0.3) is 5.91 Å². The second-order valence-electron chi connectivity index (χ2n) is 9.44. The van der Waals surface area contributed by atoms with Crippen LogP contribution in [0.2, 0.25) is 0 Å². The van der Waals surface area contributed by atoms with Crippen LogP contribution in [-0.4, -0.2) is 46.5 Å². The van der Waals surface area contributed by atoms with E-state index in [-0.39, 0.29) is 41.9 Å². The average molecular weight is 416 g/mol. The van der Waals surface area contributed by atoms with Crippen molar-refractivity contribution in [3.8, 4) is 0 Å². The van der Waals surface area contributed by atoms with Gasteiger partial charge < -0.3 is 20.6 Å². The number of aliphatic carboxylic acids is 1. The minimum atomic E-state index is -0.945. The Morgan fingerprint density at radius 1 is 1.17 bits per heavy atom. The molecule has 1 aliphatic carbocycles. The van der Waals surface area contributed by atoms with E-state index in [4.69, 9.17) is 5.11 Å². The van der Waals surface area contributed by atoms with Gasteiger partial charge in [-0.1, -0.05) is 52.2 Å². The summed E-state index contributed by atoms with van der Waals surface area (Å²) in [6, 6.07) is 7.23. The molecule has 0 radical (unpaired) electrons. The van der Waals surface area contributed by atoms with E-state index in [1.807, 2.05) is 12.1 Å². The molecule has 7 nitrogen and oxygen atoms in total. The van der Waals surface area contributed by atoms with Crippen LogP contribution in [0, 0.1) is 5.41 Å². The van der Waals surface area contributed by atoms with Gasteiger partial charge in [-0.2, -0.15) is 0 Å². The van der Waals surface area contributed by atoms with Crippen LogP contribution in [-0.2, 0) is 4.79 Å². The van der Waals surface area contributed by atoms with Crippen molar-refractivity contribution in [1.82, 2.24) is 15.5 Å². The lowest BCUT2D eigenvalue weighted by atomic mass is 9.64. The van der Waals surface area contributed by atoms with E-state index in [9.17, 15) is 14.4 Å². The number of carbonyl (C=O) groups excluding carboxylic acids is 2. The fourth-order valence-electron chi connectivity index (χ4n) is 4.99. The molecule has 0 bridgehead atoms. The molecular formula is C23H33N3O4. The van der Waals surface area contributed by atoms with E-state index in [1.165, 1.54) is 6.42 Å². The Balaban J connectivity index is 1.81. The number of nitrogens with zero attached hydrogens (tertiary/aromatic N) is 1. The number of hydrogen-bond acceptors (Lipinski definition) is 3. The summed E-state index contributed by atoms with van der Waals surface area (Å²) in [7, 11) is 0. The van der Waals surface area contributed by atoms with Crippen LogP contribution in [0.3, 0.4) is 0 Å². The maximum atomic E-state index is 13.0. The number of benzene rings is 1. The van der Waals surface area contributed by atoms with Crippen LogP contribution in [0.25, 0.3) is 0 Å². The first-order valence-electron chi connectivity index (χ1n) is 10.8. The summed E-state index contributed by atoms with van der Waals surface area (Å²) in [4.78, 5) is 37.9. The minimum Gasteiger partial charge on any atom is -0.481 e. The predicted octanol–water partition coefficient (Wildman–Crippen LogP) is 3.71. The summed E-state index contributed by atoms with van der Waals surface area (Å²) < 4.78 is 0. The molecule has 3 rings (SSSR count). The summed E-state index contributed by atoms with van der Waals surface area (Å²) in [6.45, 7) is 7.34. The Kier molecular flexibility index (Phi) is 6.38. The zero-order chi connectivity index (χ0) is 21.9. The van der Waals surface area contributed by atoms with Crippen molar-refractivity contribution in [3.63, 3.8) is 0 Å². The number of hydrogen-bond donors (Lipinski definition) is 3. The fraction of sp³-hybridized carbons (Fsp3) is 0.609. The number of nitrogens with one attached hydrogen (secondary N) is 2. The molecule has 1 heterocycles. The Morgan fingerprint density at radius 2 is 1.80 bits per heavy atom. The molecule has 7 heteroatoms. The molecule has 3 amide bonds. The quantitative estimate of drug-likeness (QED) is 0.660. The van der Waals surface area contributed by atoms with Gasteiger partial charge in [0.1, 0.15) is 0 Å². The number of rotatable bonds is 6. The molecular weight excluding hydrogens is 382 g/mol. The van der Waals surface area contributed by atoms with E-state index < -0.39 is 5.97 Å². The number of carboxylic acids is 1. The summed E-state index contributed by atoms with van der Waals surface area (Å²) in [5.41, 5.74) is 1.25. The summed E-state index contributed by atoms with van der Waals surface area (Å²) in [6.07, 6.45) is 5.37. The number of urea groups is 1. The van der Waals surface area contributed by atoms with E-state index in [2.05, 4.69) is 36.3 Å². The predicted molar refractivity (Wildman–Crippen MR) is 114 cm³/mol. The normalized spacial score (nSPS) is 21.2. The highest BCUT2D eigenvalue weighted by Crippen LogP contribution is 2.50. The summed E-state index contributed by atoms with van der Waals surface area (Å²) >= 11 is 0. The van der Waals surface area contributed by atoms with Gasteiger partial charge in [-0.3, -0.25) is 9.59 Å². The molecule has 1 aromatic rings. The highest BCUT2D eigenvalue weighted by Gasteiger charge is 2.53. The van der Waals surface area contributed by atoms with Crippen molar-refractivity contribution in [1.29, 1.82) is 0 Å². The second kappa shape index (κ2) is 8.66. The third-order valence-corrected chi connectivity index (χ3v) is 6.70. The maximum Gasteiger partial charge on any atom is 0.318 e. The number of amides is 3. The van der Waals surface area contributed by atoms with Crippen LogP contribution in [0.5, 0.6) is 0 Å². The van der Waals surface area contributed by atoms with Crippen molar-refractivity contribution < 1.29 is 19.5 Å². The molecule has 1 atom stereocenters. The average Bonchev–Trinajstić information content (AvgIpc) is 3.09. The SMILES string of the molecule is CC(C)(C)C1(N2C(=O)NCC2c2ccc(C(=O)NCCC(=O)O)cc2)CCCCC1. The van der Waals surface area contributed by atoms with Crippen molar-refractivity contribution in [2.45, 2.75) is 70.9 Å². The lowest BCUT2D eigenvalue weighted by molar-refractivity contribution is -0.136. The third-order valence-electron chi connectivity index (χ3n) is 6.70. The number of carboxylic acid groups (broad SMARTS) is 1. The zero-order valence-electron chi connectivity index (χ0n) is 18.2. The molecule has 1 saturated carbocycles. The highest BCUT2D eigenvalue weighted by molar-refractivity contribution is 5.94. The van der Waals surface area contributed by atoms with Crippen LogP contribution in [0.4, 0.5) is 4.79 Å². The molecule has 0 spiro atoms. The van der Waals surface area contributed by atoms with Crippen LogP contribution >= 0.6 is 0 Å². The topological polar surface area (TPSA) is 98.7 Å². The van der Waals surface area contributed by atoms with Crippen molar-refractivity contribution in [3.05, 3.63) is 35.4 Å². The van der Waals surface area contributed by atoms with Gasteiger partial charge in [0.15, 0.2) is 0 Å². The lowest BCUT2D eigenvalue weighted by Crippen LogP contribution is -2.59. The van der Waals surface area contributed by atoms with Crippen LogP contribution in [0.1, 0.15) is 81.3 Å². The first-order valence-corrected chi connectivity index (χ1v) is 10.8. The third kappa shape index (κ3) is 4.30. The molecule has 1 unspecified atom stereocenters. The first kappa shape index (κ1) is 22.1. The fourth-order valence-corrected chi connectivity index (χ4v) is 4.99. The second-order valence-corrected chi connectivity index (χ2v) is 9.44. The van der Waals surface area contributed by atoms with Crippen molar-refractivity contribution >= 4 is 17.9 Å². The molecule has 2 aliphatic rings. The van der Waals surface area contributed by atoms with Crippen molar-refractivity contribution in [2.24, 2.45) is 5.41 Å². The molecule has 1 saturated heterocycles. The smallest absolute Gasteiger partial charge is 0.318 e. The van der Waals surface area contributed by atoms with Gasteiger partial charge in [0.2, 0.25) is 0 Å². The minimum absolute atomic E-state index is 0.00712. The lowest BCUT2D eigenvalue weighted by Gasteiger charge is -2.54. The Hall–Kier alpha value is -2.57. The standard InChI is InChI=1S/C23H33N3O4/c1-22(2,3)23(12-5-4-6-13-23)26-18(15-25-21(26)30)16-7-9-17(10-8-16)20(29)24-14-11-19(27)28/h7-10,18H,4-6,11-15H2,1-3H3,(H,24,29)(H,25,30)(H,27,28). The molecule has 30 heavy (non-hydrogen) atoms. The Labute approximate surface area is 178 Å². The van der Waals surface area contributed by atoms with E-state index in [0.29, 0.717) is 12.1 Å². The summed E-state index contributed by atoms with van der Waals surface area (Å²) in [5.74, 6) is -1.24. The number of carbonyl (C=O) groups is 3. The zero-order valence-corrected chi connectivity index (χ0v) is 18.2. The largest absolute Gasteiger partial charge is 0.481 e. The van der Waals surface area contributed by atoms with E-state index in [1.54, 1.807) is 12.1 Å². The molecule has 1 aromatic carbocycles. The molecule has 0 aromatic heterocycles. The van der Waals surface area contributed by atoms with Gasteiger partial charge in [-0.05, 0) is 36.0 Å². The van der Waals surface area contributed by atoms with Gasteiger partial charge in [0, 0.05) is 18.7 Å². The first-order chi connectivity index (χ1) is 14.2. The monoisotopic (exact) mass is 415 g/mol. The van der Waals surface area contributed by atoms with Gasteiger partial charge in [-0.25, -0.2) is 4.79 Å². The van der Waals surface area contributed by atoms with Crippen molar-refractivity contribution in [2.75, 3.05) is 13.1 Å². The van der Waals surface area contributed by atoms with Crippen LogP contribution in [0.15, 0.2) is 24.3 Å². The molecule has 164 valence electrons. The van der Waals surface area contributed by atoms with Gasteiger partial charge in [-0.15, -0.1) is 0 Å². The van der Waals surface area contributed by atoms with Gasteiger partial charge >= 0.3 is 12.0 Å². The Morgan fingerprint density at radius 3 is 2.37 bits per heavy atom. The van der Waals surface area contributed by atoms with E-state index >= 15 is 0 Å². The maximum absolute atomic E-state index is 13.0. The summed E-state index contributed by atoms with van der Waals surface area (Å²) in [5, 5.41) is 14.4. The van der Waals surface area contributed by atoms with E-state index in [0.717, 1.165) is 31.2 Å². The Bertz CT molecular complexity index is 792. The highest BCUT2D eigenvalue weighted by atomic mass is 16.4. The van der Waals surface area contributed by atoms with Gasteiger partial charge in [0.05, 0.1) is 18.0 Å².